The normalized spacial score (nSPS) is 10.2. The van der Waals surface area contributed by atoms with E-state index in [1.165, 1.54) is 5.56 Å². The first-order valence-corrected chi connectivity index (χ1v) is 6.39. The number of nitrogens with zero attached hydrogens (tertiary/aromatic N) is 1. The molecule has 0 bridgehead atoms. The van der Waals surface area contributed by atoms with Crippen LogP contribution < -0.4 is 15.4 Å². The Hall–Kier alpha value is -2.16. The van der Waals surface area contributed by atoms with Gasteiger partial charge in [-0.3, -0.25) is 0 Å². The van der Waals surface area contributed by atoms with E-state index in [1.54, 1.807) is 7.11 Å². The van der Waals surface area contributed by atoms with E-state index in [-0.39, 0.29) is 0 Å². The average Bonchev–Trinajstić information content (AvgIpc) is 2.46. The molecule has 2 rings (SSSR count). The van der Waals surface area contributed by atoms with Crippen molar-refractivity contribution in [3.05, 3.63) is 54.1 Å². The summed E-state index contributed by atoms with van der Waals surface area (Å²) in [5, 5.41) is 0. The lowest BCUT2D eigenvalue weighted by molar-refractivity contribution is 0.415. The molecule has 0 aliphatic carbocycles. The molecule has 0 spiro atoms. The minimum Gasteiger partial charge on any atom is -0.497 e. The second kappa shape index (κ2) is 6.14. The molecule has 0 atom stereocenters. The molecule has 100 valence electrons. The lowest BCUT2D eigenvalue weighted by atomic mass is 10.1. The van der Waals surface area contributed by atoms with Gasteiger partial charge >= 0.3 is 0 Å². The van der Waals surface area contributed by atoms with Gasteiger partial charge in [-0.05, 0) is 30.2 Å². The third-order valence-electron chi connectivity index (χ3n) is 3.27. The summed E-state index contributed by atoms with van der Waals surface area (Å²) in [4.78, 5) is 2.20. The SMILES string of the molecule is COc1cccc(N(C)CCc2ccccc2N)c1. The van der Waals surface area contributed by atoms with Crippen molar-refractivity contribution >= 4 is 11.4 Å². The molecule has 3 heteroatoms. The van der Waals surface area contributed by atoms with E-state index < -0.39 is 0 Å². The van der Waals surface area contributed by atoms with Gasteiger partial charge in [0.2, 0.25) is 0 Å². The Morgan fingerprint density at radius 1 is 1.11 bits per heavy atom. The molecule has 2 aromatic rings. The predicted octanol–water partition coefficient (Wildman–Crippen LogP) is 2.96. The molecule has 0 heterocycles. The van der Waals surface area contributed by atoms with Gasteiger partial charge in [-0.1, -0.05) is 24.3 Å². The number of hydrogen-bond donors (Lipinski definition) is 1. The predicted molar refractivity (Wildman–Crippen MR) is 80.8 cm³/mol. The summed E-state index contributed by atoms with van der Waals surface area (Å²) >= 11 is 0. The van der Waals surface area contributed by atoms with Crippen LogP contribution in [0.15, 0.2) is 48.5 Å². The second-order valence-corrected chi connectivity index (χ2v) is 4.57. The molecule has 0 aliphatic heterocycles. The second-order valence-electron chi connectivity index (χ2n) is 4.57. The highest BCUT2D eigenvalue weighted by Crippen LogP contribution is 2.20. The van der Waals surface area contributed by atoms with Crippen LogP contribution in [0, 0.1) is 0 Å². The lowest BCUT2D eigenvalue weighted by Crippen LogP contribution is -2.20. The molecular formula is C16H20N2O. The molecule has 3 nitrogen and oxygen atoms in total. The highest BCUT2D eigenvalue weighted by atomic mass is 16.5. The number of anilines is 2. The number of nitrogens with two attached hydrogens (primary N) is 1. The van der Waals surface area contributed by atoms with E-state index >= 15 is 0 Å². The van der Waals surface area contributed by atoms with Gasteiger partial charge in [0, 0.05) is 31.0 Å². The Morgan fingerprint density at radius 2 is 1.89 bits per heavy atom. The van der Waals surface area contributed by atoms with Crippen LogP contribution in [-0.4, -0.2) is 20.7 Å². The van der Waals surface area contributed by atoms with Crippen molar-refractivity contribution in [2.75, 3.05) is 31.3 Å². The molecule has 19 heavy (non-hydrogen) atoms. The van der Waals surface area contributed by atoms with Crippen molar-refractivity contribution in [2.45, 2.75) is 6.42 Å². The third-order valence-corrected chi connectivity index (χ3v) is 3.27. The zero-order valence-corrected chi connectivity index (χ0v) is 11.5. The van der Waals surface area contributed by atoms with Crippen LogP contribution in [0.3, 0.4) is 0 Å². The molecule has 0 aliphatic rings. The Kier molecular flexibility index (Phi) is 4.29. The Bertz CT molecular complexity index is 540. The summed E-state index contributed by atoms with van der Waals surface area (Å²) in [6, 6.07) is 16.1. The van der Waals surface area contributed by atoms with E-state index in [4.69, 9.17) is 10.5 Å². The first-order chi connectivity index (χ1) is 9.20. The summed E-state index contributed by atoms with van der Waals surface area (Å²) in [6.45, 7) is 0.918. The van der Waals surface area contributed by atoms with Crippen molar-refractivity contribution in [3.63, 3.8) is 0 Å². The zero-order valence-electron chi connectivity index (χ0n) is 11.5. The van der Waals surface area contributed by atoms with Crippen LogP contribution in [0.1, 0.15) is 5.56 Å². The fourth-order valence-corrected chi connectivity index (χ4v) is 2.03. The summed E-state index contributed by atoms with van der Waals surface area (Å²) in [5.41, 5.74) is 9.15. The first-order valence-electron chi connectivity index (χ1n) is 6.39. The van der Waals surface area contributed by atoms with Crippen LogP contribution in [-0.2, 0) is 6.42 Å². The number of ether oxygens (including phenoxy) is 1. The van der Waals surface area contributed by atoms with E-state index in [1.807, 2.05) is 36.4 Å². The quantitative estimate of drug-likeness (QED) is 0.836. The van der Waals surface area contributed by atoms with Gasteiger partial charge in [-0.25, -0.2) is 0 Å². The number of para-hydroxylation sites is 1. The number of hydrogen-bond acceptors (Lipinski definition) is 3. The number of nitrogen functional groups attached to an aromatic ring is 1. The summed E-state index contributed by atoms with van der Waals surface area (Å²) < 4.78 is 5.24. The van der Waals surface area contributed by atoms with Crippen LogP contribution in [0.25, 0.3) is 0 Å². The Balaban J connectivity index is 2.01. The Morgan fingerprint density at radius 3 is 2.63 bits per heavy atom. The van der Waals surface area contributed by atoms with Crippen LogP contribution in [0.2, 0.25) is 0 Å². The largest absolute Gasteiger partial charge is 0.497 e. The highest BCUT2D eigenvalue weighted by Gasteiger charge is 2.04. The van der Waals surface area contributed by atoms with Gasteiger partial charge in [0.1, 0.15) is 5.75 Å². The van der Waals surface area contributed by atoms with E-state index in [0.29, 0.717) is 0 Å². The molecule has 2 N–H and O–H groups in total. The minimum absolute atomic E-state index is 0.863. The van der Waals surface area contributed by atoms with Gasteiger partial charge in [-0.2, -0.15) is 0 Å². The van der Waals surface area contributed by atoms with Crippen molar-refractivity contribution in [3.8, 4) is 5.75 Å². The molecule has 0 saturated carbocycles. The van der Waals surface area contributed by atoms with Crippen LogP contribution in [0.5, 0.6) is 5.75 Å². The monoisotopic (exact) mass is 256 g/mol. The number of rotatable bonds is 5. The standard InChI is InChI=1S/C16H20N2O/c1-18(14-7-5-8-15(12-14)19-2)11-10-13-6-3-4-9-16(13)17/h3-9,12H,10-11,17H2,1-2H3. The molecule has 0 unspecified atom stereocenters. The zero-order chi connectivity index (χ0) is 13.7. The van der Waals surface area contributed by atoms with Gasteiger partial charge < -0.3 is 15.4 Å². The van der Waals surface area contributed by atoms with Gasteiger partial charge in [0.05, 0.1) is 7.11 Å². The number of methoxy groups -OCH3 is 1. The molecule has 0 aromatic heterocycles. The summed E-state index contributed by atoms with van der Waals surface area (Å²) in [6.07, 6.45) is 0.931. The maximum Gasteiger partial charge on any atom is 0.120 e. The number of likely N-dealkylation sites (N-methyl/N-ethyl adjacent to an activating group) is 1. The highest BCUT2D eigenvalue weighted by molar-refractivity contribution is 5.51. The van der Waals surface area contributed by atoms with Gasteiger partial charge in [-0.15, -0.1) is 0 Å². The van der Waals surface area contributed by atoms with E-state index in [0.717, 1.165) is 30.1 Å². The first kappa shape index (κ1) is 13.3. The smallest absolute Gasteiger partial charge is 0.120 e. The van der Waals surface area contributed by atoms with Crippen molar-refractivity contribution < 1.29 is 4.74 Å². The van der Waals surface area contributed by atoms with Gasteiger partial charge in [0.25, 0.3) is 0 Å². The average molecular weight is 256 g/mol. The van der Waals surface area contributed by atoms with Crippen molar-refractivity contribution in [1.29, 1.82) is 0 Å². The van der Waals surface area contributed by atoms with Crippen molar-refractivity contribution in [2.24, 2.45) is 0 Å². The third kappa shape index (κ3) is 3.41. The molecule has 0 fully saturated rings. The summed E-state index contributed by atoms with van der Waals surface area (Å²) in [7, 11) is 3.76. The summed E-state index contributed by atoms with van der Waals surface area (Å²) in [5.74, 6) is 0.878. The van der Waals surface area contributed by atoms with Crippen LogP contribution in [0.4, 0.5) is 11.4 Å². The van der Waals surface area contributed by atoms with Crippen LogP contribution >= 0.6 is 0 Å². The fraction of sp³-hybridized carbons (Fsp3) is 0.250. The minimum atomic E-state index is 0.863. The van der Waals surface area contributed by atoms with E-state index in [2.05, 4.69) is 24.1 Å². The van der Waals surface area contributed by atoms with Gasteiger partial charge in [0.15, 0.2) is 0 Å². The molecular weight excluding hydrogens is 236 g/mol. The maximum absolute atomic E-state index is 5.95. The lowest BCUT2D eigenvalue weighted by Gasteiger charge is -2.20. The molecule has 0 saturated heterocycles. The van der Waals surface area contributed by atoms with Crippen molar-refractivity contribution in [1.82, 2.24) is 0 Å². The molecule has 0 radical (unpaired) electrons. The topological polar surface area (TPSA) is 38.5 Å². The number of benzene rings is 2. The fourth-order valence-electron chi connectivity index (χ4n) is 2.03. The maximum atomic E-state index is 5.95. The Labute approximate surface area is 114 Å². The molecule has 2 aromatic carbocycles. The van der Waals surface area contributed by atoms with E-state index in [9.17, 15) is 0 Å². The molecule has 0 amide bonds.